The molecule has 5 nitrogen and oxygen atoms in total. The van der Waals surface area contributed by atoms with Gasteiger partial charge in [0, 0.05) is 9.13 Å². The van der Waals surface area contributed by atoms with Crippen LogP contribution < -0.4 is 0 Å². The van der Waals surface area contributed by atoms with Gasteiger partial charge in [0.1, 0.15) is 5.75 Å². The van der Waals surface area contributed by atoms with Gasteiger partial charge in [0.15, 0.2) is 0 Å². The van der Waals surface area contributed by atoms with E-state index in [1.54, 1.807) is 6.07 Å². The van der Waals surface area contributed by atoms with Crippen LogP contribution in [0, 0.1) is 30.8 Å². The minimum absolute atomic E-state index is 0.107. The van der Waals surface area contributed by atoms with Crippen LogP contribution in [0.15, 0.2) is 29.4 Å². The third-order valence-corrected chi connectivity index (χ3v) is 6.26. The number of halogens is 2. The molecule has 4 rings (SSSR count). The van der Waals surface area contributed by atoms with Crippen LogP contribution in [-0.2, 0) is 9.59 Å². The van der Waals surface area contributed by atoms with Crippen molar-refractivity contribution < 1.29 is 14.7 Å². The smallest absolute Gasteiger partial charge is 0.254 e. The third kappa shape index (κ3) is 2.34. The molecule has 1 aliphatic heterocycles. The Kier molecular flexibility index (Phi) is 3.74. The molecule has 1 aromatic carbocycles. The number of aromatic hydroxyl groups is 1. The van der Waals surface area contributed by atoms with Crippen molar-refractivity contribution in [2.75, 3.05) is 0 Å². The van der Waals surface area contributed by atoms with Crippen molar-refractivity contribution >= 4 is 63.2 Å². The zero-order chi connectivity index (χ0) is 16.3. The van der Waals surface area contributed by atoms with Crippen LogP contribution in [0.3, 0.4) is 0 Å². The van der Waals surface area contributed by atoms with Crippen LogP contribution in [0.2, 0.25) is 0 Å². The lowest BCUT2D eigenvalue weighted by Crippen LogP contribution is -2.28. The average molecular weight is 534 g/mol. The molecular weight excluding hydrogens is 522 g/mol. The Morgan fingerprint density at radius 1 is 1.13 bits per heavy atom. The molecule has 0 unspecified atom stereocenters. The average Bonchev–Trinajstić information content (AvgIpc) is 3.17. The number of allylic oxidation sites excluding steroid dienone is 2. The molecule has 118 valence electrons. The number of hydrogen-bond donors (Lipinski definition) is 1. The Bertz CT molecular complexity index is 760. The van der Waals surface area contributed by atoms with Gasteiger partial charge >= 0.3 is 0 Å². The summed E-state index contributed by atoms with van der Waals surface area (Å²) in [5, 5.41) is 15.2. The summed E-state index contributed by atoms with van der Waals surface area (Å²) < 4.78 is 1.65. The summed E-state index contributed by atoms with van der Waals surface area (Å²) in [6.45, 7) is 0. The summed E-state index contributed by atoms with van der Waals surface area (Å²) in [6, 6.07) is 3.60. The molecule has 0 radical (unpaired) electrons. The highest BCUT2D eigenvalue weighted by atomic mass is 127. The molecule has 2 amide bonds. The van der Waals surface area contributed by atoms with E-state index >= 15 is 0 Å². The molecule has 7 heteroatoms. The van der Waals surface area contributed by atoms with Crippen molar-refractivity contribution in [3.8, 4) is 5.75 Å². The lowest BCUT2D eigenvalue weighted by molar-refractivity contribution is -0.140. The van der Waals surface area contributed by atoms with E-state index < -0.39 is 0 Å². The molecule has 2 bridgehead atoms. The van der Waals surface area contributed by atoms with Crippen LogP contribution in [0.4, 0.5) is 0 Å². The van der Waals surface area contributed by atoms with Gasteiger partial charge in [-0.2, -0.15) is 10.1 Å². The van der Waals surface area contributed by atoms with Gasteiger partial charge in [-0.05, 0) is 75.6 Å². The zero-order valence-electron chi connectivity index (χ0n) is 11.8. The molecule has 1 heterocycles. The second-order valence-corrected chi connectivity index (χ2v) is 8.47. The van der Waals surface area contributed by atoms with E-state index in [-0.39, 0.29) is 41.2 Å². The molecule has 0 aromatic heterocycles. The van der Waals surface area contributed by atoms with Gasteiger partial charge in [-0.25, -0.2) is 0 Å². The minimum Gasteiger partial charge on any atom is -0.506 e. The van der Waals surface area contributed by atoms with Gasteiger partial charge in [0.2, 0.25) is 0 Å². The highest BCUT2D eigenvalue weighted by Crippen LogP contribution is 2.52. The van der Waals surface area contributed by atoms with Gasteiger partial charge in [-0.3, -0.25) is 9.59 Å². The number of amides is 2. The standard InChI is InChI=1S/C16H12I2N2O3/c17-10-4-9(14(21)11(18)5-10)6-19-20-15(22)12-7-1-2-8(3-7)13(12)16(20)23/h1-2,4-8,12-13,21H,3H2/b19-6-/t7-,8-,12-,13+/m0/s1. The van der Waals surface area contributed by atoms with Crippen LogP contribution in [0.25, 0.3) is 0 Å². The Morgan fingerprint density at radius 2 is 1.74 bits per heavy atom. The fraction of sp³-hybridized carbons (Fsp3) is 0.312. The highest BCUT2D eigenvalue weighted by Gasteiger charge is 2.59. The number of phenols is 1. The maximum atomic E-state index is 12.5. The number of carbonyl (C=O) groups excluding carboxylic acids is 2. The molecule has 2 fully saturated rings. The van der Waals surface area contributed by atoms with E-state index in [0.717, 1.165) is 15.0 Å². The van der Waals surface area contributed by atoms with Crippen molar-refractivity contribution in [1.29, 1.82) is 0 Å². The maximum Gasteiger partial charge on any atom is 0.254 e. The molecule has 1 N–H and O–H groups in total. The number of nitrogens with zero attached hydrogens (tertiary/aromatic N) is 2. The van der Waals surface area contributed by atoms with Crippen LogP contribution in [-0.4, -0.2) is 28.1 Å². The molecule has 1 saturated heterocycles. The van der Waals surface area contributed by atoms with Crippen molar-refractivity contribution in [1.82, 2.24) is 5.01 Å². The predicted octanol–water partition coefficient (Wildman–Crippen LogP) is 2.74. The second-order valence-electron chi connectivity index (χ2n) is 6.06. The monoisotopic (exact) mass is 534 g/mol. The van der Waals surface area contributed by atoms with Gasteiger partial charge in [0.05, 0.1) is 21.6 Å². The summed E-state index contributed by atoms with van der Waals surface area (Å²) >= 11 is 4.18. The van der Waals surface area contributed by atoms with E-state index in [4.69, 9.17) is 0 Å². The van der Waals surface area contributed by atoms with E-state index in [2.05, 4.69) is 39.8 Å². The number of hydrogen-bond acceptors (Lipinski definition) is 4. The molecule has 1 aromatic rings. The number of phenolic OH excluding ortho intramolecular Hbond substituents is 1. The topological polar surface area (TPSA) is 70.0 Å². The summed E-state index contributed by atoms with van der Waals surface area (Å²) in [5.41, 5.74) is 0.500. The summed E-state index contributed by atoms with van der Waals surface area (Å²) in [6.07, 6.45) is 6.40. The number of benzene rings is 1. The largest absolute Gasteiger partial charge is 0.506 e. The van der Waals surface area contributed by atoms with E-state index in [9.17, 15) is 14.7 Å². The molecule has 0 spiro atoms. The summed E-state index contributed by atoms with van der Waals surface area (Å²) in [7, 11) is 0. The highest BCUT2D eigenvalue weighted by molar-refractivity contribution is 14.1. The number of fused-ring (bicyclic) bond motifs is 5. The molecule has 1 saturated carbocycles. The minimum atomic E-state index is -0.251. The molecule has 3 aliphatic rings. The number of imide groups is 1. The van der Waals surface area contributed by atoms with Gasteiger partial charge in [-0.15, -0.1) is 0 Å². The van der Waals surface area contributed by atoms with Crippen LogP contribution in [0.1, 0.15) is 12.0 Å². The van der Waals surface area contributed by atoms with Crippen LogP contribution in [0.5, 0.6) is 5.75 Å². The first kappa shape index (κ1) is 15.6. The lowest BCUT2D eigenvalue weighted by atomic mass is 9.85. The van der Waals surface area contributed by atoms with Gasteiger partial charge < -0.3 is 5.11 Å². The predicted molar refractivity (Wildman–Crippen MR) is 101 cm³/mol. The first-order valence-electron chi connectivity index (χ1n) is 7.25. The molecule has 4 atom stereocenters. The quantitative estimate of drug-likeness (QED) is 0.275. The van der Waals surface area contributed by atoms with Gasteiger partial charge in [-0.1, -0.05) is 12.2 Å². The summed E-state index contributed by atoms with van der Waals surface area (Å²) in [5.74, 6) is -0.474. The van der Waals surface area contributed by atoms with Gasteiger partial charge in [0.25, 0.3) is 11.8 Å². The van der Waals surface area contributed by atoms with Crippen molar-refractivity contribution in [3.63, 3.8) is 0 Å². The second kappa shape index (κ2) is 5.54. The van der Waals surface area contributed by atoms with Crippen molar-refractivity contribution in [2.24, 2.45) is 28.8 Å². The molecule has 2 aliphatic carbocycles. The third-order valence-electron chi connectivity index (χ3n) is 4.82. The Morgan fingerprint density at radius 3 is 2.35 bits per heavy atom. The van der Waals surface area contributed by atoms with E-state index in [0.29, 0.717) is 9.13 Å². The summed E-state index contributed by atoms with van der Waals surface area (Å²) in [4.78, 5) is 25.0. The van der Waals surface area contributed by atoms with Crippen LogP contribution >= 0.6 is 45.2 Å². The maximum absolute atomic E-state index is 12.5. The van der Waals surface area contributed by atoms with Crippen molar-refractivity contribution in [3.05, 3.63) is 37.0 Å². The number of rotatable bonds is 2. The number of hydrazone groups is 1. The van der Waals surface area contributed by atoms with E-state index in [1.807, 2.05) is 28.7 Å². The van der Waals surface area contributed by atoms with E-state index in [1.165, 1.54) is 6.21 Å². The first-order valence-corrected chi connectivity index (χ1v) is 9.41. The molecule has 23 heavy (non-hydrogen) atoms. The Balaban J connectivity index is 1.63. The number of carbonyl (C=O) groups is 2. The normalized spacial score (nSPS) is 31.7. The van der Waals surface area contributed by atoms with Crippen molar-refractivity contribution in [2.45, 2.75) is 6.42 Å². The Labute approximate surface area is 160 Å². The Hall–Kier alpha value is -0.970. The lowest BCUT2D eigenvalue weighted by Gasteiger charge is -2.13. The first-order chi connectivity index (χ1) is 11.0. The fourth-order valence-electron chi connectivity index (χ4n) is 3.80. The SMILES string of the molecule is O=C1[C@@H]2[C@H](C(=O)N1/N=C\c1cc(I)cc(I)c1O)[C@H]1C=C[C@H]2C1. The zero-order valence-corrected chi connectivity index (χ0v) is 16.1. The molecular formula is C16H12I2N2O3. The fourth-order valence-corrected chi connectivity index (χ4v) is 5.69.